The van der Waals surface area contributed by atoms with Crippen molar-refractivity contribution in [3.05, 3.63) is 11.6 Å². The number of hydrogen-bond acceptors (Lipinski definition) is 4. The first kappa shape index (κ1) is 12.7. The maximum absolute atomic E-state index is 12.9. The third-order valence-electron chi connectivity index (χ3n) is 3.28. The van der Waals surface area contributed by atoms with Crippen LogP contribution >= 0.6 is 0 Å². The summed E-state index contributed by atoms with van der Waals surface area (Å²) in [5.74, 6) is -2.57. The Kier molecular flexibility index (Phi) is 3.20. The Balaban J connectivity index is 2.31. The van der Waals surface area contributed by atoms with E-state index < -0.39 is 18.0 Å². The quantitative estimate of drug-likeness (QED) is 0.841. The van der Waals surface area contributed by atoms with Gasteiger partial charge in [0.1, 0.15) is 6.07 Å². The molecule has 2 rings (SSSR count). The van der Waals surface area contributed by atoms with Gasteiger partial charge in [-0.1, -0.05) is 12.8 Å². The molecule has 0 radical (unpaired) electrons. The van der Waals surface area contributed by atoms with Gasteiger partial charge in [-0.05, 0) is 12.8 Å². The normalized spacial score (nSPS) is 24.8. The first-order valence-corrected chi connectivity index (χ1v) is 5.66. The number of nitrogens with zero attached hydrogens (tertiary/aromatic N) is 2. The van der Waals surface area contributed by atoms with Gasteiger partial charge in [-0.2, -0.15) is 18.4 Å². The first-order chi connectivity index (χ1) is 8.43. The predicted octanol–water partition coefficient (Wildman–Crippen LogP) is 2.96. The topological polar surface area (TPSA) is 75.8 Å². The van der Waals surface area contributed by atoms with Crippen molar-refractivity contribution in [3.8, 4) is 6.07 Å². The van der Waals surface area contributed by atoms with Crippen molar-refractivity contribution >= 4 is 5.88 Å². The molecule has 1 aliphatic carbocycles. The minimum absolute atomic E-state index is 0.0638. The maximum Gasteiger partial charge on any atom is 0.392 e. The number of oxazole rings is 1. The van der Waals surface area contributed by atoms with Gasteiger partial charge in [0.2, 0.25) is 17.5 Å². The number of rotatable bonds is 1. The monoisotopic (exact) mass is 259 g/mol. The van der Waals surface area contributed by atoms with Crippen LogP contribution in [-0.4, -0.2) is 11.2 Å². The van der Waals surface area contributed by atoms with Crippen LogP contribution < -0.4 is 5.73 Å². The summed E-state index contributed by atoms with van der Waals surface area (Å²) in [6.07, 6.45) is -2.61. The molecule has 1 aliphatic rings. The van der Waals surface area contributed by atoms with E-state index in [0.29, 0.717) is 19.3 Å². The molecule has 1 saturated carbocycles. The van der Waals surface area contributed by atoms with Gasteiger partial charge in [-0.15, -0.1) is 0 Å². The van der Waals surface area contributed by atoms with Gasteiger partial charge in [-0.25, -0.2) is 4.98 Å². The minimum Gasteiger partial charge on any atom is -0.424 e. The molecule has 2 N–H and O–H groups in total. The maximum atomic E-state index is 12.9. The van der Waals surface area contributed by atoms with Crippen LogP contribution in [0.25, 0.3) is 0 Å². The fourth-order valence-corrected chi connectivity index (χ4v) is 2.41. The van der Waals surface area contributed by atoms with Crippen molar-refractivity contribution in [1.29, 1.82) is 5.26 Å². The molecular weight excluding hydrogens is 247 g/mol. The van der Waals surface area contributed by atoms with Crippen LogP contribution in [0.2, 0.25) is 0 Å². The Hall–Kier alpha value is -1.71. The molecule has 0 saturated heterocycles. The number of nitrogen functional groups attached to an aromatic ring is 1. The van der Waals surface area contributed by atoms with E-state index in [9.17, 15) is 13.2 Å². The highest BCUT2D eigenvalue weighted by Crippen LogP contribution is 2.46. The Bertz CT molecular complexity index is 475. The molecule has 0 aliphatic heterocycles. The number of aromatic nitrogens is 1. The summed E-state index contributed by atoms with van der Waals surface area (Å²) in [6, 6.07) is 1.70. The van der Waals surface area contributed by atoms with Crippen molar-refractivity contribution in [2.45, 2.75) is 37.8 Å². The number of hydrogen-bond donors (Lipinski definition) is 1. The van der Waals surface area contributed by atoms with Gasteiger partial charge in [0.25, 0.3) is 0 Å². The van der Waals surface area contributed by atoms with Crippen LogP contribution in [0.1, 0.15) is 43.2 Å². The standard InChI is InChI=1S/C11H12F3N3O/c12-11(13,14)7-4-2-1-3-6(7)10-17-8(5-15)9(16)18-10/h6-7H,1-4,16H2. The van der Waals surface area contributed by atoms with Gasteiger partial charge < -0.3 is 10.2 Å². The van der Waals surface area contributed by atoms with E-state index in [1.54, 1.807) is 6.07 Å². The van der Waals surface area contributed by atoms with Crippen LogP contribution in [0.4, 0.5) is 19.1 Å². The van der Waals surface area contributed by atoms with E-state index in [-0.39, 0.29) is 23.9 Å². The Morgan fingerprint density at radius 2 is 2.00 bits per heavy atom. The number of anilines is 1. The average molecular weight is 259 g/mol. The molecule has 4 nitrogen and oxygen atoms in total. The summed E-state index contributed by atoms with van der Waals surface area (Å²) in [5, 5.41) is 8.68. The van der Waals surface area contributed by atoms with E-state index in [1.807, 2.05) is 0 Å². The van der Waals surface area contributed by atoms with Gasteiger partial charge in [0.15, 0.2) is 0 Å². The highest BCUT2D eigenvalue weighted by molar-refractivity contribution is 5.41. The van der Waals surface area contributed by atoms with E-state index in [2.05, 4.69) is 4.98 Å². The molecule has 0 bridgehead atoms. The fourth-order valence-electron chi connectivity index (χ4n) is 2.41. The molecule has 2 unspecified atom stereocenters. The second-order valence-electron chi connectivity index (χ2n) is 4.42. The summed E-state index contributed by atoms with van der Waals surface area (Å²) < 4.78 is 43.7. The molecule has 0 amide bonds. The number of halogens is 3. The van der Waals surface area contributed by atoms with Crippen LogP contribution in [0.3, 0.4) is 0 Å². The van der Waals surface area contributed by atoms with E-state index in [1.165, 1.54) is 0 Å². The lowest BCUT2D eigenvalue weighted by atomic mass is 9.78. The Morgan fingerprint density at radius 3 is 2.56 bits per heavy atom. The molecule has 0 aromatic carbocycles. The minimum atomic E-state index is -4.28. The lowest BCUT2D eigenvalue weighted by Crippen LogP contribution is -2.31. The fraction of sp³-hybridized carbons (Fsp3) is 0.636. The van der Waals surface area contributed by atoms with Crippen LogP contribution in [0.5, 0.6) is 0 Å². The van der Waals surface area contributed by atoms with Crippen molar-refractivity contribution in [2.75, 3.05) is 5.73 Å². The second kappa shape index (κ2) is 4.52. The highest BCUT2D eigenvalue weighted by Gasteiger charge is 2.47. The molecular formula is C11H12F3N3O. The van der Waals surface area contributed by atoms with Gasteiger partial charge in [0, 0.05) is 5.92 Å². The zero-order chi connectivity index (χ0) is 13.3. The van der Waals surface area contributed by atoms with Crippen molar-refractivity contribution in [1.82, 2.24) is 4.98 Å². The van der Waals surface area contributed by atoms with Gasteiger partial charge in [0.05, 0.1) is 5.92 Å². The number of nitriles is 1. The zero-order valence-electron chi connectivity index (χ0n) is 9.50. The summed E-state index contributed by atoms with van der Waals surface area (Å²) in [5.41, 5.74) is 5.24. The van der Waals surface area contributed by atoms with E-state index >= 15 is 0 Å². The number of alkyl halides is 3. The SMILES string of the molecule is N#Cc1nc(C2CCCCC2C(F)(F)F)oc1N. The largest absolute Gasteiger partial charge is 0.424 e. The molecule has 2 atom stereocenters. The van der Waals surface area contributed by atoms with Gasteiger partial charge >= 0.3 is 6.18 Å². The summed E-state index contributed by atoms with van der Waals surface area (Å²) in [6.45, 7) is 0. The third-order valence-corrected chi connectivity index (χ3v) is 3.28. The van der Waals surface area contributed by atoms with Crippen LogP contribution in [0.15, 0.2) is 4.42 Å². The summed E-state index contributed by atoms with van der Waals surface area (Å²) >= 11 is 0. The van der Waals surface area contributed by atoms with Crippen molar-refractivity contribution in [2.24, 2.45) is 5.92 Å². The third kappa shape index (κ3) is 2.28. The van der Waals surface area contributed by atoms with Crippen molar-refractivity contribution < 1.29 is 17.6 Å². The van der Waals surface area contributed by atoms with E-state index in [0.717, 1.165) is 0 Å². The lowest BCUT2D eigenvalue weighted by Gasteiger charge is -2.30. The highest BCUT2D eigenvalue weighted by atomic mass is 19.4. The zero-order valence-corrected chi connectivity index (χ0v) is 9.50. The lowest BCUT2D eigenvalue weighted by molar-refractivity contribution is -0.188. The molecule has 18 heavy (non-hydrogen) atoms. The Morgan fingerprint density at radius 1 is 1.33 bits per heavy atom. The summed E-state index contributed by atoms with van der Waals surface area (Å²) in [4.78, 5) is 3.76. The molecule has 7 heteroatoms. The number of nitrogens with two attached hydrogens (primary N) is 1. The van der Waals surface area contributed by atoms with E-state index in [4.69, 9.17) is 15.4 Å². The smallest absolute Gasteiger partial charge is 0.392 e. The van der Waals surface area contributed by atoms with Crippen molar-refractivity contribution in [3.63, 3.8) is 0 Å². The molecule has 98 valence electrons. The molecule has 0 spiro atoms. The van der Waals surface area contributed by atoms with Gasteiger partial charge in [-0.3, -0.25) is 0 Å². The predicted molar refractivity (Wildman–Crippen MR) is 56.4 cm³/mol. The van der Waals surface area contributed by atoms with Crippen LogP contribution in [-0.2, 0) is 0 Å². The molecule has 1 aromatic heterocycles. The Labute approximate surface area is 102 Å². The van der Waals surface area contributed by atoms with Crippen LogP contribution in [0, 0.1) is 17.2 Å². The first-order valence-electron chi connectivity index (χ1n) is 5.66. The second-order valence-corrected chi connectivity index (χ2v) is 4.42. The summed E-state index contributed by atoms with van der Waals surface area (Å²) in [7, 11) is 0. The average Bonchev–Trinajstić information content (AvgIpc) is 2.69. The molecule has 1 heterocycles. The molecule has 1 aromatic rings. The molecule has 1 fully saturated rings.